The Morgan fingerprint density at radius 1 is 0.846 bits per heavy atom. The monoisotopic (exact) mass is 364 g/mol. The SMILES string of the molecule is CC(C)NCCOc1cc(CC(=O)C(C)C)cc(OCCNC(C)C)c1. The molecule has 1 aromatic carbocycles. The van der Waals surface area contributed by atoms with E-state index in [-0.39, 0.29) is 11.7 Å². The van der Waals surface area contributed by atoms with Crippen molar-refractivity contribution < 1.29 is 14.3 Å². The quantitative estimate of drug-likeness (QED) is 0.526. The molecule has 0 fully saturated rings. The van der Waals surface area contributed by atoms with Crippen LogP contribution in [0.15, 0.2) is 18.2 Å². The molecule has 0 atom stereocenters. The molecule has 148 valence electrons. The van der Waals surface area contributed by atoms with Crippen molar-refractivity contribution in [3.8, 4) is 11.5 Å². The highest BCUT2D eigenvalue weighted by Gasteiger charge is 2.11. The molecule has 26 heavy (non-hydrogen) atoms. The first-order valence-corrected chi connectivity index (χ1v) is 9.67. The second kappa shape index (κ2) is 11.9. The number of nitrogens with one attached hydrogen (secondary N) is 2. The van der Waals surface area contributed by atoms with Crippen LogP contribution in [0.25, 0.3) is 0 Å². The molecule has 1 rings (SSSR count). The first-order valence-electron chi connectivity index (χ1n) is 9.67. The Hall–Kier alpha value is -1.59. The zero-order valence-electron chi connectivity index (χ0n) is 17.2. The minimum Gasteiger partial charge on any atom is -0.492 e. The first-order chi connectivity index (χ1) is 12.3. The highest BCUT2D eigenvalue weighted by atomic mass is 16.5. The van der Waals surface area contributed by atoms with Gasteiger partial charge in [-0.25, -0.2) is 0 Å². The lowest BCUT2D eigenvalue weighted by molar-refractivity contribution is -0.121. The van der Waals surface area contributed by atoms with Gasteiger partial charge in [-0.15, -0.1) is 0 Å². The van der Waals surface area contributed by atoms with Gasteiger partial charge in [0.05, 0.1) is 0 Å². The smallest absolute Gasteiger partial charge is 0.139 e. The van der Waals surface area contributed by atoms with Crippen LogP contribution in [-0.2, 0) is 11.2 Å². The Morgan fingerprint density at radius 2 is 1.31 bits per heavy atom. The van der Waals surface area contributed by atoms with Crippen LogP contribution in [0.3, 0.4) is 0 Å². The van der Waals surface area contributed by atoms with Gasteiger partial charge in [0.25, 0.3) is 0 Å². The average molecular weight is 365 g/mol. The Bertz CT molecular complexity index is 508. The molecule has 2 N–H and O–H groups in total. The standard InChI is InChI=1S/C21H36N2O3/c1-15(2)21(24)13-18-11-19(25-9-7-22-16(3)4)14-20(12-18)26-10-8-23-17(5)6/h11-12,14-17,22-23H,7-10,13H2,1-6H3. The van der Waals surface area contributed by atoms with Crippen molar-refractivity contribution in [1.29, 1.82) is 0 Å². The maximum Gasteiger partial charge on any atom is 0.139 e. The van der Waals surface area contributed by atoms with E-state index in [0.717, 1.165) is 30.2 Å². The van der Waals surface area contributed by atoms with Crippen LogP contribution in [-0.4, -0.2) is 44.2 Å². The molecule has 1 aromatic rings. The van der Waals surface area contributed by atoms with Crippen molar-refractivity contribution in [3.05, 3.63) is 23.8 Å². The Balaban J connectivity index is 2.72. The lowest BCUT2D eigenvalue weighted by atomic mass is 10.0. The number of Topliss-reactive ketones (excluding diaryl/α,β-unsaturated/α-hetero) is 1. The van der Waals surface area contributed by atoms with E-state index in [0.29, 0.717) is 31.7 Å². The summed E-state index contributed by atoms with van der Waals surface area (Å²) in [6, 6.07) is 6.64. The maximum atomic E-state index is 12.1. The fourth-order valence-electron chi connectivity index (χ4n) is 2.34. The number of carbonyl (C=O) groups excluding carboxylic acids is 1. The van der Waals surface area contributed by atoms with E-state index in [2.05, 4.69) is 38.3 Å². The van der Waals surface area contributed by atoms with Gasteiger partial charge in [-0.05, 0) is 17.7 Å². The van der Waals surface area contributed by atoms with Crippen molar-refractivity contribution in [2.24, 2.45) is 5.92 Å². The van der Waals surface area contributed by atoms with Crippen molar-refractivity contribution in [1.82, 2.24) is 10.6 Å². The number of hydrogen-bond donors (Lipinski definition) is 2. The molecule has 0 heterocycles. The summed E-state index contributed by atoms with van der Waals surface area (Å²) in [4.78, 5) is 12.1. The molecule has 5 nitrogen and oxygen atoms in total. The third kappa shape index (κ3) is 9.78. The largest absolute Gasteiger partial charge is 0.492 e. The van der Waals surface area contributed by atoms with Crippen LogP contribution in [0.4, 0.5) is 0 Å². The van der Waals surface area contributed by atoms with Crippen LogP contribution >= 0.6 is 0 Å². The van der Waals surface area contributed by atoms with E-state index in [1.165, 1.54) is 0 Å². The Morgan fingerprint density at radius 3 is 1.69 bits per heavy atom. The second-order valence-corrected chi connectivity index (χ2v) is 7.53. The summed E-state index contributed by atoms with van der Waals surface area (Å²) in [6.07, 6.45) is 0.402. The zero-order valence-corrected chi connectivity index (χ0v) is 17.2. The van der Waals surface area contributed by atoms with Crippen molar-refractivity contribution in [3.63, 3.8) is 0 Å². The van der Waals surface area contributed by atoms with Gasteiger partial charge in [-0.2, -0.15) is 0 Å². The van der Waals surface area contributed by atoms with E-state index < -0.39 is 0 Å². The van der Waals surface area contributed by atoms with Crippen molar-refractivity contribution in [2.45, 2.75) is 60.0 Å². The van der Waals surface area contributed by atoms with Crippen LogP contribution in [0.1, 0.15) is 47.1 Å². The van der Waals surface area contributed by atoms with Crippen LogP contribution in [0, 0.1) is 5.92 Å². The van der Waals surface area contributed by atoms with Gasteiger partial charge in [0.1, 0.15) is 30.5 Å². The molecule has 0 aromatic heterocycles. The van der Waals surface area contributed by atoms with E-state index in [1.807, 2.05) is 32.0 Å². The summed E-state index contributed by atoms with van der Waals surface area (Å²) in [7, 11) is 0. The number of ketones is 1. The molecule has 0 aliphatic carbocycles. The predicted molar refractivity (Wildman–Crippen MR) is 107 cm³/mol. The summed E-state index contributed by atoms with van der Waals surface area (Å²) < 4.78 is 11.7. The number of benzene rings is 1. The maximum absolute atomic E-state index is 12.1. The highest BCUT2D eigenvalue weighted by Crippen LogP contribution is 2.24. The summed E-state index contributed by atoms with van der Waals surface area (Å²) >= 11 is 0. The van der Waals surface area contributed by atoms with Crippen LogP contribution in [0.2, 0.25) is 0 Å². The molecule has 0 aliphatic rings. The van der Waals surface area contributed by atoms with E-state index in [1.54, 1.807) is 0 Å². The first kappa shape index (κ1) is 22.5. The fourth-order valence-corrected chi connectivity index (χ4v) is 2.34. The minimum absolute atomic E-state index is 0.0226. The van der Waals surface area contributed by atoms with Gasteiger partial charge in [-0.1, -0.05) is 41.5 Å². The predicted octanol–water partition coefficient (Wildman–Crippen LogP) is 3.21. The van der Waals surface area contributed by atoms with Crippen LogP contribution in [0.5, 0.6) is 11.5 Å². The van der Waals surface area contributed by atoms with Gasteiger partial charge in [0, 0.05) is 43.6 Å². The molecule has 0 saturated carbocycles. The molecule has 0 spiro atoms. The Kier molecular flexibility index (Phi) is 10.3. The molecular formula is C21H36N2O3. The normalized spacial score (nSPS) is 11.4. The van der Waals surface area contributed by atoms with E-state index in [4.69, 9.17) is 9.47 Å². The third-order valence-corrected chi connectivity index (χ3v) is 3.81. The molecule has 0 radical (unpaired) electrons. The second-order valence-electron chi connectivity index (χ2n) is 7.53. The van der Waals surface area contributed by atoms with Gasteiger partial charge in [0.2, 0.25) is 0 Å². The number of hydrogen-bond acceptors (Lipinski definition) is 5. The minimum atomic E-state index is 0.0226. The lowest BCUT2D eigenvalue weighted by Gasteiger charge is -2.14. The molecule has 0 unspecified atom stereocenters. The summed E-state index contributed by atoms with van der Waals surface area (Å²) in [6.45, 7) is 15.0. The van der Waals surface area contributed by atoms with Gasteiger partial charge in [0.15, 0.2) is 0 Å². The molecule has 5 heteroatoms. The van der Waals surface area contributed by atoms with Gasteiger partial charge in [-0.3, -0.25) is 4.79 Å². The van der Waals surface area contributed by atoms with Crippen molar-refractivity contribution in [2.75, 3.05) is 26.3 Å². The topological polar surface area (TPSA) is 59.6 Å². The molecular weight excluding hydrogens is 328 g/mol. The average Bonchev–Trinajstić information content (AvgIpc) is 2.55. The summed E-state index contributed by atoms with van der Waals surface area (Å²) in [5.74, 6) is 1.73. The van der Waals surface area contributed by atoms with Gasteiger partial charge < -0.3 is 20.1 Å². The zero-order chi connectivity index (χ0) is 19.5. The van der Waals surface area contributed by atoms with E-state index in [9.17, 15) is 4.79 Å². The number of carbonyl (C=O) groups is 1. The fraction of sp³-hybridized carbons (Fsp3) is 0.667. The van der Waals surface area contributed by atoms with Crippen LogP contribution < -0.4 is 20.1 Å². The van der Waals surface area contributed by atoms with E-state index >= 15 is 0 Å². The number of rotatable bonds is 13. The summed E-state index contributed by atoms with van der Waals surface area (Å²) in [5, 5.41) is 6.65. The Labute approximate surface area is 158 Å². The third-order valence-electron chi connectivity index (χ3n) is 3.81. The summed E-state index contributed by atoms with van der Waals surface area (Å²) in [5.41, 5.74) is 0.935. The van der Waals surface area contributed by atoms with Crippen molar-refractivity contribution >= 4 is 5.78 Å². The molecule has 0 amide bonds. The molecule has 0 saturated heterocycles. The highest BCUT2D eigenvalue weighted by molar-refractivity contribution is 5.82. The molecule has 0 aliphatic heterocycles. The molecule has 0 bridgehead atoms. The lowest BCUT2D eigenvalue weighted by Crippen LogP contribution is -2.27. The number of ether oxygens (including phenoxy) is 2. The van der Waals surface area contributed by atoms with Gasteiger partial charge >= 0.3 is 0 Å².